The molecular formula is C34H45N. The fraction of sp³-hybridized carbons (Fsp3) is 0.471. The Morgan fingerprint density at radius 2 is 1.74 bits per heavy atom. The van der Waals surface area contributed by atoms with Crippen LogP contribution >= 0.6 is 0 Å². The number of allylic oxidation sites excluding steroid dienone is 11. The van der Waals surface area contributed by atoms with Crippen LogP contribution in [0.2, 0.25) is 0 Å². The van der Waals surface area contributed by atoms with Gasteiger partial charge in [-0.1, -0.05) is 99.6 Å². The molecule has 35 heavy (non-hydrogen) atoms. The van der Waals surface area contributed by atoms with Gasteiger partial charge in [-0.2, -0.15) is 0 Å². The molecule has 1 nitrogen and oxygen atoms in total. The van der Waals surface area contributed by atoms with Gasteiger partial charge in [-0.3, -0.25) is 0 Å². The van der Waals surface area contributed by atoms with E-state index in [1.807, 2.05) is 27.7 Å². The first kappa shape index (κ1) is 25.5. The Balaban J connectivity index is 0.000000689. The minimum Gasteiger partial charge on any atom is -0.359 e. The summed E-state index contributed by atoms with van der Waals surface area (Å²) in [4.78, 5) is 0. The third-order valence-corrected chi connectivity index (χ3v) is 8.38. The standard InChI is InChI=1S/C30H33N.2C2H6/c1-3-19(2)31-28-18-27-24-14-7-6-12-22(24)23-13-8-9-15-25(23)29(27)26-17-16-20-10-4-5-11-21(20)30(26)28;2*1-2/h3-5,7,9-11,14-15,18,23,25,27,29,31H,6,8,12-13,16-17H2,1-2H3;2*1-2H3/b19-3+;;/t23-,25?,27+,29?;;/m0../s1. The molecule has 0 spiro atoms. The number of hydrogen-bond donors (Lipinski definition) is 1. The molecule has 186 valence electrons. The molecule has 0 aromatic heterocycles. The molecule has 0 fully saturated rings. The lowest BCUT2D eigenvalue weighted by molar-refractivity contribution is 0.246. The third kappa shape index (κ3) is 4.55. The zero-order valence-corrected chi connectivity index (χ0v) is 22.8. The summed E-state index contributed by atoms with van der Waals surface area (Å²) in [5.74, 6) is 2.53. The first-order valence-electron chi connectivity index (χ1n) is 14.3. The van der Waals surface area contributed by atoms with Gasteiger partial charge in [-0.15, -0.1) is 0 Å². The number of benzene rings is 1. The van der Waals surface area contributed by atoms with Crippen LogP contribution in [0.5, 0.6) is 0 Å². The number of rotatable bonds is 2. The van der Waals surface area contributed by atoms with Crippen LogP contribution in [-0.4, -0.2) is 0 Å². The molecule has 1 N–H and O–H groups in total. The Hall–Kier alpha value is -2.54. The number of aryl methyl sites for hydroxylation is 1. The first-order chi connectivity index (χ1) is 17.3. The van der Waals surface area contributed by atoms with Crippen LogP contribution < -0.4 is 5.32 Å². The van der Waals surface area contributed by atoms with Gasteiger partial charge in [-0.25, -0.2) is 0 Å². The summed E-state index contributed by atoms with van der Waals surface area (Å²) < 4.78 is 0. The number of nitrogens with one attached hydrogen (secondary N) is 1. The number of hydrogen-bond acceptors (Lipinski definition) is 1. The molecule has 0 heterocycles. The molecular weight excluding hydrogens is 422 g/mol. The highest BCUT2D eigenvalue weighted by Gasteiger charge is 2.47. The van der Waals surface area contributed by atoms with Crippen molar-refractivity contribution in [3.8, 4) is 0 Å². The predicted molar refractivity (Wildman–Crippen MR) is 153 cm³/mol. The number of fused-ring (bicyclic) bond motifs is 8. The third-order valence-electron chi connectivity index (χ3n) is 8.38. The molecule has 1 aromatic carbocycles. The van der Waals surface area contributed by atoms with Crippen LogP contribution in [0.3, 0.4) is 0 Å². The maximum Gasteiger partial charge on any atom is 0.0427 e. The van der Waals surface area contributed by atoms with Crippen molar-refractivity contribution >= 4 is 5.57 Å². The minimum absolute atomic E-state index is 0.506. The van der Waals surface area contributed by atoms with E-state index in [1.165, 1.54) is 66.6 Å². The van der Waals surface area contributed by atoms with Gasteiger partial charge in [0.2, 0.25) is 0 Å². The zero-order valence-electron chi connectivity index (χ0n) is 22.8. The summed E-state index contributed by atoms with van der Waals surface area (Å²) in [5.41, 5.74) is 12.2. The van der Waals surface area contributed by atoms with Crippen LogP contribution in [0.25, 0.3) is 5.57 Å². The summed E-state index contributed by atoms with van der Waals surface area (Å²) in [6.45, 7) is 12.3. The summed E-state index contributed by atoms with van der Waals surface area (Å²) >= 11 is 0. The summed E-state index contributed by atoms with van der Waals surface area (Å²) in [5, 5.41) is 3.81. The maximum absolute atomic E-state index is 3.81. The molecule has 6 rings (SSSR count). The van der Waals surface area contributed by atoms with Gasteiger partial charge in [0.05, 0.1) is 0 Å². The van der Waals surface area contributed by atoms with Crippen molar-refractivity contribution < 1.29 is 0 Å². The second-order valence-electron chi connectivity index (χ2n) is 9.90. The van der Waals surface area contributed by atoms with Crippen molar-refractivity contribution in [1.82, 2.24) is 5.32 Å². The van der Waals surface area contributed by atoms with Gasteiger partial charge >= 0.3 is 0 Å². The van der Waals surface area contributed by atoms with E-state index in [1.54, 1.807) is 16.7 Å². The summed E-state index contributed by atoms with van der Waals surface area (Å²) in [7, 11) is 0. The molecule has 0 bridgehead atoms. The Kier molecular flexibility index (Phi) is 8.37. The Labute approximate surface area is 214 Å². The van der Waals surface area contributed by atoms with Crippen LogP contribution in [0, 0.1) is 23.7 Å². The highest BCUT2D eigenvalue weighted by molar-refractivity contribution is 5.86. The van der Waals surface area contributed by atoms with Crippen molar-refractivity contribution in [3.63, 3.8) is 0 Å². The molecule has 1 aromatic rings. The lowest BCUT2D eigenvalue weighted by atomic mass is 9.54. The summed E-state index contributed by atoms with van der Waals surface area (Å²) in [6, 6.07) is 9.11. The van der Waals surface area contributed by atoms with Crippen molar-refractivity contribution in [2.45, 2.75) is 80.1 Å². The van der Waals surface area contributed by atoms with Crippen LogP contribution in [-0.2, 0) is 6.42 Å². The molecule has 4 atom stereocenters. The molecule has 5 aliphatic rings. The van der Waals surface area contributed by atoms with Crippen LogP contribution in [0.1, 0.15) is 84.8 Å². The maximum atomic E-state index is 3.81. The van der Waals surface area contributed by atoms with E-state index >= 15 is 0 Å². The molecule has 1 heteroatoms. The zero-order chi connectivity index (χ0) is 24.9. The molecule has 5 aliphatic carbocycles. The Morgan fingerprint density at radius 3 is 2.54 bits per heavy atom. The Bertz CT molecular complexity index is 1100. The normalized spacial score (nSPS) is 28.1. The van der Waals surface area contributed by atoms with E-state index in [0.717, 1.165) is 5.92 Å². The van der Waals surface area contributed by atoms with Gasteiger partial charge in [0, 0.05) is 22.9 Å². The highest BCUT2D eigenvalue weighted by Crippen LogP contribution is 2.57. The van der Waals surface area contributed by atoms with E-state index in [9.17, 15) is 0 Å². The van der Waals surface area contributed by atoms with Gasteiger partial charge in [0.15, 0.2) is 0 Å². The fourth-order valence-corrected chi connectivity index (χ4v) is 6.99. The topological polar surface area (TPSA) is 12.0 Å². The minimum atomic E-state index is 0.506. The van der Waals surface area contributed by atoms with Crippen molar-refractivity contribution in [2.24, 2.45) is 23.7 Å². The highest BCUT2D eigenvalue weighted by atomic mass is 14.9. The van der Waals surface area contributed by atoms with E-state index < -0.39 is 0 Å². The van der Waals surface area contributed by atoms with Gasteiger partial charge in [0.25, 0.3) is 0 Å². The van der Waals surface area contributed by atoms with E-state index in [2.05, 4.69) is 79.9 Å². The molecule has 0 aliphatic heterocycles. The lowest BCUT2D eigenvalue weighted by Crippen LogP contribution is -2.41. The van der Waals surface area contributed by atoms with Crippen LogP contribution in [0.15, 0.2) is 88.8 Å². The Morgan fingerprint density at radius 1 is 0.943 bits per heavy atom. The molecule has 2 unspecified atom stereocenters. The van der Waals surface area contributed by atoms with Crippen LogP contribution in [0.4, 0.5) is 0 Å². The van der Waals surface area contributed by atoms with Gasteiger partial charge in [-0.05, 0) is 86.8 Å². The smallest absolute Gasteiger partial charge is 0.0427 e. The van der Waals surface area contributed by atoms with Crippen molar-refractivity contribution in [1.29, 1.82) is 0 Å². The van der Waals surface area contributed by atoms with Gasteiger partial charge < -0.3 is 5.32 Å². The van der Waals surface area contributed by atoms with E-state index in [0.29, 0.717) is 17.8 Å². The van der Waals surface area contributed by atoms with Gasteiger partial charge in [0.1, 0.15) is 0 Å². The molecule has 0 saturated carbocycles. The predicted octanol–water partition coefficient (Wildman–Crippen LogP) is 9.32. The second-order valence-corrected chi connectivity index (χ2v) is 9.90. The lowest BCUT2D eigenvalue weighted by Gasteiger charge is -2.50. The fourth-order valence-electron chi connectivity index (χ4n) is 6.99. The van der Waals surface area contributed by atoms with E-state index in [-0.39, 0.29) is 0 Å². The quantitative estimate of drug-likeness (QED) is 0.427. The monoisotopic (exact) mass is 467 g/mol. The van der Waals surface area contributed by atoms with Crippen molar-refractivity contribution in [3.05, 3.63) is 100.0 Å². The molecule has 0 saturated heterocycles. The average Bonchev–Trinajstić information content (AvgIpc) is 2.94. The second kappa shape index (κ2) is 11.5. The largest absolute Gasteiger partial charge is 0.359 e. The van der Waals surface area contributed by atoms with E-state index in [4.69, 9.17) is 0 Å². The summed E-state index contributed by atoms with van der Waals surface area (Å²) in [6.07, 6.45) is 22.2. The van der Waals surface area contributed by atoms with Crippen molar-refractivity contribution in [2.75, 3.05) is 0 Å². The average molecular weight is 468 g/mol. The SMILES string of the molecule is C/C=C(\C)NC1=C[C@@H]2C3=C(CCC=C3)[C@@H]3CCC=CC3C2C2=C1c1ccccc1CC2.CC.CC. The first-order valence-corrected chi connectivity index (χ1v) is 14.3. The molecule has 0 amide bonds. The molecule has 0 radical (unpaired) electrons.